The molecule has 0 amide bonds. The van der Waals surface area contributed by atoms with Crippen molar-refractivity contribution in [3.05, 3.63) is 46.6 Å². The van der Waals surface area contributed by atoms with Crippen LogP contribution in [0.25, 0.3) is 5.69 Å². The summed E-state index contributed by atoms with van der Waals surface area (Å²) in [7, 11) is 0. The summed E-state index contributed by atoms with van der Waals surface area (Å²) in [6.45, 7) is 0. The summed E-state index contributed by atoms with van der Waals surface area (Å²) in [5.41, 5.74) is 0.217. The lowest BCUT2D eigenvalue weighted by molar-refractivity contribution is -0.389. The maximum atomic E-state index is 12.1. The lowest BCUT2D eigenvalue weighted by Crippen LogP contribution is -2.17. The van der Waals surface area contributed by atoms with Crippen LogP contribution in [0.2, 0.25) is 0 Å². The van der Waals surface area contributed by atoms with Gasteiger partial charge in [0.25, 0.3) is 0 Å². The molecular weight excluding hydrogens is 267 g/mol. The van der Waals surface area contributed by atoms with Gasteiger partial charge in [0.15, 0.2) is 0 Å². The summed E-state index contributed by atoms with van der Waals surface area (Å²) < 4.78 is 41.0. The first-order chi connectivity index (χ1) is 8.85. The first kappa shape index (κ1) is 12.9. The topological polar surface area (TPSA) is 70.2 Å². The highest BCUT2D eigenvalue weighted by atomic mass is 19.4. The molecule has 0 atom stereocenters. The van der Waals surface area contributed by atoms with Crippen LogP contribution in [0.15, 0.2) is 36.5 Å². The van der Waals surface area contributed by atoms with Gasteiger partial charge in [0, 0.05) is 6.07 Å². The maximum absolute atomic E-state index is 12.1. The van der Waals surface area contributed by atoms with Crippen LogP contribution >= 0.6 is 0 Å². The summed E-state index contributed by atoms with van der Waals surface area (Å²) in [6, 6.07) is 6.10. The Kier molecular flexibility index (Phi) is 3.11. The molecule has 9 heteroatoms. The van der Waals surface area contributed by atoms with Crippen LogP contribution in [0, 0.1) is 10.1 Å². The molecule has 1 aromatic heterocycles. The van der Waals surface area contributed by atoms with Crippen molar-refractivity contribution in [3.8, 4) is 11.4 Å². The molecule has 2 rings (SSSR count). The SMILES string of the molecule is O=[N+]([O-])c1ccn(-c2cccc(OC(F)(F)F)c2)n1. The highest BCUT2D eigenvalue weighted by molar-refractivity contribution is 5.39. The Labute approximate surface area is 104 Å². The van der Waals surface area contributed by atoms with Crippen LogP contribution in [-0.4, -0.2) is 21.1 Å². The summed E-state index contributed by atoms with van der Waals surface area (Å²) in [6.07, 6.45) is -3.53. The first-order valence-electron chi connectivity index (χ1n) is 4.91. The van der Waals surface area contributed by atoms with Gasteiger partial charge in [0.05, 0.1) is 23.0 Å². The average Bonchev–Trinajstić information content (AvgIpc) is 2.76. The molecule has 6 nitrogen and oxygen atoms in total. The quantitative estimate of drug-likeness (QED) is 0.636. The zero-order valence-corrected chi connectivity index (χ0v) is 9.16. The maximum Gasteiger partial charge on any atom is 0.573 e. The number of hydrogen-bond acceptors (Lipinski definition) is 4. The normalized spacial score (nSPS) is 11.3. The summed E-state index contributed by atoms with van der Waals surface area (Å²) >= 11 is 0. The molecule has 0 N–H and O–H groups in total. The van der Waals surface area contributed by atoms with Crippen molar-refractivity contribution in [2.75, 3.05) is 0 Å². The van der Waals surface area contributed by atoms with Gasteiger partial charge in [0.1, 0.15) is 5.75 Å². The standard InChI is InChI=1S/C10H6F3N3O3/c11-10(12,13)19-8-3-1-2-7(6-8)15-5-4-9(14-15)16(17)18/h1-6H. The van der Waals surface area contributed by atoms with Gasteiger partial charge >= 0.3 is 12.2 Å². The Morgan fingerprint density at radius 3 is 2.63 bits per heavy atom. The number of aromatic nitrogens is 2. The van der Waals surface area contributed by atoms with Gasteiger partial charge in [-0.1, -0.05) is 6.07 Å². The van der Waals surface area contributed by atoms with Crippen LogP contribution in [-0.2, 0) is 0 Å². The minimum atomic E-state index is -4.80. The molecule has 0 radical (unpaired) electrons. The molecule has 0 fully saturated rings. The predicted molar refractivity (Wildman–Crippen MR) is 56.9 cm³/mol. The van der Waals surface area contributed by atoms with E-state index >= 15 is 0 Å². The van der Waals surface area contributed by atoms with Gasteiger partial charge in [-0.25, -0.2) is 0 Å². The van der Waals surface area contributed by atoms with Crippen LogP contribution in [0.3, 0.4) is 0 Å². The van der Waals surface area contributed by atoms with E-state index in [2.05, 4.69) is 9.84 Å². The molecule has 0 spiro atoms. The minimum Gasteiger partial charge on any atom is -0.406 e. The number of alkyl halides is 3. The van der Waals surface area contributed by atoms with Crippen LogP contribution in [0.4, 0.5) is 19.0 Å². The zero-order chi connectivity index (χ0) is 14.0. The molecular formula is C10H6F3N3O3. The third-order valence-electron chi connectivity index (χ3n) is 2.08. The molecule has 1 heterocycles. The van der Waals surface area contributed by atoms with Crippen molar-refractivity contribution in [1.29, 1.82) is 0 Å². The molecule has 0 aliphatic heterocycles. The lowest BCUT2D eigenvalue weighted by atomic mass is 10.3. The second-order valence-corrected chi connectivity index (χ2v) is 3.42. The van der Waals surface area contributed by atoms with E-state index in [9.17, 15) is 23.3 Å². The summed E-state index contributed by atoms with van der Waals surface area (Å²) in [4.78, 5) is 9.75. The van der Waals surface area contributed by atoms with Crippen LogP contribution in [0.5, 0.6) is 5.75 Å². The smallest absolute Gasteiger partial charge is 0.406 e. The third kappa shape index (κ3) is 3.21. The van der Waals surface area contributed by atoms with Crippen LogP contribution < -0.4 is 4.74 Å². The summed E-state index contributed by atoms with van der Waals surface area (Å²) in [5.74, 6) is -0.828. The predicted octanol–water partition coefficient (Wildman–Crippen LogP) is 2.68. The van der Waals surface area contributed by atoms with E-state index in [1.165, 1.54) is 18.3 Å². The fourth-order valence-electron chi connectivity index (χ4n) is 1.38. The number of rotatable bonds is 3. The average molecular weight is 273 g/mol. The van der Waals surface area contributed by atoms with E-state index in [0.717, 1.165) is 22.9 Å². The Morgan fingerprint density at radius 2 is 2.05 bits per heavy atom. The zero-order valence-electron chi connectivity index (χ0n) is 9.16. The van der Waals surface area contributed by atoms with E-state index in [1.807, 2.05) is 0 Å². The van der Waals surface area contributed by atoms with E-state index < -0.39 is 22.9 Å². The van der Waals surface area contributed by atoms with Crippen LogP contribution in [0.1, 0.15) is 0 Å². The number of hydrogen-bond donors (Lipinski definition) is 0. The Hall–Kier alpha value is -2.58. The number of nitro groups is 1. The molecule has 0 saturated heterocycles. The summed E-state index contributed by atoms with van der Waals surface area (Å²) in [5, 5.41) is 14.1. The Bertz CT molecular complexity index is 609. The highest BCUT2D eigenvalue weighted by Gasteiger charge is 2.31. The van der Waals surface area contributed by atoms with E-state index in [0.29, 0.717) is 0 Å². The van der Waals surface area contributed by atoms with Gasteiger partial charge in [-0.3, -0.25) is 0 Å². The fourth-order valence-corrected chi connectivity index (χ4v) is 1.38. The molecule has 0 aliphatic carbocycles. The lowest BCUT2D eigenvalue weighted by Gasteiger charge is -2.09. The van der Waals surface area contributed by atoms with Crippen molar-refractivity contribution < 1.29 is 22.8 Å². The fraction of sp³-hybridized carbons (Fsp3) is 0.100. The molecule has 0 bridgehead atoms. The molecule has 19 heavy (non-hydrogen) atoms. The molecule has 0 aliphatic rings. The van der Waals surface area contributed by atoms with Gasteiger partial charge in [-0.05, 0) is 17.1 Å². The molecule has 2 aromatic rings. The number of benzene rings is 1. The molecule has 0 unspecified atom stereocenters. The minimum absolute atomic E-state index is 0.217. The van der Waals surface area contributed by atoms with Crippen molar-refractivity contribution in [2.24, 2.45) is 0 Å². The van der Waals surface area contributed by atoms with E-state index in [4.69, 9.17) is 0 Å². The Morgan fingerprint density at radius 1 is 1.32 bits per heavy atom. The molecule has 0 saturated carbocycles. The number of halogens is 3. The first-order valence-corrected chi connectivity index (χ1v) is 4.91. The van der Waals surface area contributed by atoms with Crippen molar-refractivity contribution in [3.63, 3.8) is 0 Å². The second kappa shape index (κ2) is 4.59. The molecule has 100 valence electrons. The van der Waals surface area contributed by atoms with Crippen molar-refractivity contribution in [1.82, 2.24) is 9.78 Å². The highest BCUT2D eigenvalue weighted by Crippen LogP contribution is 2.24. The third-order valence-corrected chi connectivity index (χ3v) is 2.08. The Balaban J connectivity index is 2.29. The van der Waals surface area contributed by atoms with E-state index in [1.54, 1.807) is 0 Å². The van der Waals surface area contributed by atoms with Gasteiger partial charge in [-0.2, -0.15) is 0 Å². The monoisotopic (exact) mass is 273 g/mol. The second-order valence-electron chi connectivity index (χ2n) is 3.42. The van der Waals surface area contributed by atoms with E-state index in [-0.39, 0.29) is 5.69 Å². The van der Waals surface area contributed by atoms with Crippen molar-refractivity contribution in [2.45, 2.75) is 6.36 Å². The van der Waals surface area contributed by atoms with Crippen molar-refractivity contribution >= 4 is 5.82 Å². The largest absolute Gasteiger partial charge is 0.573 e. The molecule has 1 aromatic carbocycles. The number of ether oxygens (including phenoxy) is 1. The van der Waals surface area contributed by atoms with Gasteiger partial charge in [0.2, 0.25) is 0 Å². The van der Waals surface area contributed by atoms with Gasteiger partial charge in [-0.15, -0.1) is 17.9 Å². The number of nitrogens with zero attached hydrogens (tertiary/aromatic N) is 3. The van der Waals surface area contributed by atoms with Gasteiger partial charge < -0.3 is 14.9 Å².